The number of primary amides is 1. The predicted molar refractivity (Wildman–Crippen MR) is 49.1 cm³/mol. The van der Waals surface area contributed by atoms with Gasteiger partial charge in [0, 0.05) is 0 Å². The zero-order valence-corrected chi connectivity index (χ0v) is 7.24. The summed E-state index contributed by atoms with van der Waals surface area (Å²) < 4.78 is 5.11. The van der Waals surface area contributed by atoms with Gasteiger partial charge in [0.15, 0.2) is 6.61 Å². The number of carbonyl (C=O) groups is 2. The third-order valence-electron chi connectivity index (χ3n) is 1.91. The molecule has 0 saturated heterocycles. The number of anilines is 1. The van der Waals surface area contributed by atoms with E-state index in [0.29, 0.717) is 11.4 Å². The Balaban J connectivity index is 2.54. The summed E-state index contributed by atoms with van der Waals surface area (Å²) in [5.41, 5.74) is 5.75. The Morgan fingerprint density at radius 2 is 2.29 bits per heavy atom. The van der Waals surface area contributed by atoms with Gasteiger partial charge in [-0.2, -0.15) is 0 Å². The summed E-state index contributed by atoms with van der Waals surface area (Å²) in [4.78, 5) is 22.0. The van der Waals surface area contributed by atoms with Gasteiger partial charge >= 0.3 is 0 Å². The Bertz CT molecular complexity index is 415. The lowest BCUT2D eigenvalue weighted by Crippen LogP contribution is -2.27. The van der Waals surface area contributed by atoms with Gasteiger partial charge in [-0.1, -0.05) is 6.07 Å². The Morgan fingerprint density at radius 3 is 3.00 bits per heavy atom. The topological polar surface area (TPSA) is 81.4 Å². The Labute approximate surface area is 79.8 Å². The maximum atomic E-state index is 11.0. The summed E-state index contributed by atoms with van der Waals surface area (Å²) >= 11 is 0. The minimum absolute atomic E-state index is 0.0325. The molecule has 5 heteroatoms. The van der Waals surface area contributed by atoms with E-state index in [2.05, 4.69) is 5.32 Å². The summed E-state index contributed by atoms with van der Waals surface area (Å²) in [6.45, 7) is -0.0325. The van der Waals surface area contributed by atoms with Crippen LogP contribution in [0.4, 0.5) is 5.69 Å². The number of benzene rings is 1. The van der Waals surface area contributed by atoms with Gasteiger partial charge in [0.25, 0.3) is 11.8 Å². The molecule has 0 unspecified atom stereocenters. The van der Waals surface area contributed by atoms with E-state index in [9.17, 15) is 9.59 Å². The van der Waals surface area contributed by atoms with Crippen molar-refractivity contribution in [2.75, 3.05) is 11.9 Å². The molecule has 5 nitrogen and oxygen atoms in total. The average molecular weight is 192 g/mol. The van der Waals surface area contributed by atoms with E-state index in [1.165, 1.54) is 6.07 Å². The Kier molecular flexibility index (Phi) is 1.85. The minimum Gasteiger partial charge on any atom is -0.482 e. The molecule has 0 aliphatic carbocycles. The van der Waals surface area contributed by atoms with Crippen LogP contribution < -0.4 is 15.8 Å². The van der Waals surface area contributed by atoms with Crippen LogP contribution >= 0.6 is 0 Å². The first kappa shape index (κ1) is 8.55. The van der Waals surface area contributed by atoms with Gasteiger partial charge in [-0.3, -0.25) is 9.59 Å². The predicted octanol–water partition coefficient (Wildman–Crippen LogP) is 0.116. The van der Waals surface area contributed by atoms with Crippen LogP contribution in [0.1, 0.15) is 10.4 Å². The molecule has 1 heterocycles. The van der Waals surface area contributed by atoms with Gasteiger partial charge in [0.2, 0.25) is 0 Å². The SMILES string of the molecule is NC(=O)c1cccc2c1NC(=O)CO2. The van der Waals surface area contributed by atoms with Crippen LogP contribution in [0.3, 0.4) is 0 Å². The van der Waals surface area contributed by atoms with Crippen molar-refractivity contribution in [1.29, 1.82) is 0 Å². The number of para-hydroxylation sites is 1. The number of ether oxygens (including phenoxy) is 1. The van der Waals surface area contributed by atoms with Gasteiger partial charge in [-0.25, -0.2) is 0 Å². The molecule has 1 aromatic rings. The number of hydrogen-bond acceptors (Lipinski definition) is 3. The molecule has 2 rings (SSSR count). The van der Waals surface area contributed by atoms with E-state index >= 15 is 0 Å². The quantitative estimate of drug-likeness (QED) is 0.662. The van der Waals surface area contributed by atoms with Crippen LogP contribution in [0, 0.1) is 0 Å². The molecule has 0 fully saturated rings. The zero-order chi connectivity index (χ0) is 10.1. The van der Waals surface area contributed by atoms with Gasteiger partial charge < -0.3 is 15.8 Å². The highest BCUT2D eigenvalue weighted by Gasteiger charge is 2.20. The van der Waals surface area contributed by atoms with E-state index in [1.54, 1.807) is 12.1 Å². The normalized spacial score (nSPS) is 13.9. The molecular weight excluding hydrogens is 184 g/mol. The minimum atomic E-state index is -0.590. The second-order valence-corrected chi connectivity index (χ2v) is 2.88. The molecule has 1 aromatic carbocycles. The smallest absolute Gasteiger partial charge is 0.262 e. The summed E-state index contributed by atoms with van der Waals surface area (Å²) in [5, 5.41) is 2.55. The summed E-state index contributed by atoms with van der Waals surface area (Å²) in [6.07, 6.45) is 0. The molecule has 0 atom stereocenters. The zero-order valence-electron chi connectivity index (χ0n) is 7.24. The van der Waals surface area contributed by atoms with Crippen molar-refractivity contribution in [1.82, 2.24) is 0 Å². The molecule has 0 radical (unpaired) electrons. The number of carbonyl (C=O) groups excluding carboxylic acids is 2. The Hall–Kier alpha value is -2.04. The second kappa shape index (κ2) is 3.02. The highest BCUT2D eigenvalue weighted by Crippen LogP contribution is 2.30. The largest absolute Gasteiger partial charge is 0.482 e. The Morgan fingerprint density at radius 1 is 1.50 bits per heavy atom. The number of rotatable bonds is 1. The maximum Gasteiger partial charge on any atom is 0.262 e. The number of nitrogens with one attached hydrogen (secondary N) is 1. The van der Waals surface area contributed by atoms with Gasteiger partial charge in [-0.05, 0) is 12.1 Å². The second-order valence-electron chi connectivity index (χ2n) is 2.88. The monoisotopic (exact) mass is 192 g/mol. The molecule has 14 heavy (non-hydrogen) atoms. The van der Waals surface area contributed by atoms with Crippen LogP contribution in [0.5, 0.6) is 5.75 Å². The van der Waals surface area contributed by atoms with Crippen molar-refractivity contribution in [3.63, 3.8) is 0 Å². The lowest BCUT2D eigenvalue weighted by molar-refractivity contribution is -0.118. The van der Waals surface area contributed by atoms with Crippen LogP contribution in [-0.4, -0.2) is 18.4 Å². The molecule has 3 N–H and O–H groups in total. The first-order valence-electron chi connectivity index (χ1n) is 4.04. The fourth-order valence-electron chi connectivity index (χ4n) is 1.30. The van der Waals surface area contributed by atoms with E-state index in [-0.39, 0.29) is 18.1 Å². The van der Waals surface area contributed by atoms with Crippen molar-refractivity contribution in [2.24, 2.45) is 5.73 Å². The van der Waals surface area contributed by atoms with Gasteiger partial charge in [0.1, 0.15) is 5.75 Å². The fraction of sp³-hybridized carbons (Fsp3) is 0.111. The number of hydrogen-bond donors (Lipinski definition) is 2. The van der Waals surface area contributed by atoms with E-state index in [1.807, 2.05) is 0 Å². The summed E-state index contributed by atoms with van der Waals surface area (Å²) in [5.74, 6) is -0.403. The van der Waals surface area contributed by atoms with Crippen LogP contribution in [-0.2, 0) is 4.79 Å². The average Bonchev–Trinajstić information content (AvgIpc) is 2.16. The van der Waals surface area contributed by atoms with E-state index < -0.39 is 5.91 Å². The molecule has 72 valence electrons. The molecule has 0 bridgehead atoms. The van der Waals surface area contributed by atoms with Crippen molar-refractivity contribution in [3.8, 4) is 5.75 Å². The van der Waals surface area contributed by atoms with Crippen molar-refractivity contribution in [3.05, 3.63) is 23.8 Å². The molecule has 1 aliphatic rings. The molecule has 2 amide bonds. The molecule has 0 saturated carbocycles. The van der Waals surface area contributed by atoms with Crippen LogP contribution in [0.25, 0.3) is 0 Å². The number of amides is 2. The third-order valence-corrected chi connectivity index (χ3v) is 1.91. The van der Waals surface area contributed by atoms with Crippen LogP contribution in [0.15, 0.2) is 18.2 Å². The molecule has 0 aromatic heterocycles. The number of nitrogens with two attached hydrogens (primary N) is 1. The highest BCUT2D eigenvalue weighted by molar-refractivity contribution is 6.06. The highest BCUT2D eigenvalue weighted by atomic mass is 16.5. The number of fused-ring (bicyclic) bond motifs is 1. The van der Waals surface area contributed by atoms with E-state index in [4.69, 9.17) is 10.5 Å². The maximum absolute atomic E-state index is 11.0. The van der Waals surface area contributed by atoms with Crippen molar-refractivity contribution < 1.29 is 14.3 Å². The van der Waals surface area contributed by atoms with Gasteiger partial charge in [0.05, 0.1) is 11.3 Å². The summed E-state index contributed by atoms with van der Waals surface area (Å²) in [6, 6.07) is 4.85. The standard InChI is InChI=1S/C9H8N2O3/c10-9(13)5-2-1-3-6-8(5)11-7(12)4-14-6/h1-3H,4H2,(H2,10,13)(H,11,12). The molecule has 1 aliphatic heterocycles. The lowest BCUT2D eigenvalue weighted by Gasteiger charge is -2.19. The van der Waals surface area contributed by atoms with Crippen LogP contribution in [0.2, 0.25) is 0 Å². The fourth-order valence-corrected chi connectivity index (χ4v) is 1.30. The van der Waals surface area contributed by atoms with Crippen molar-refractivity contribution >= 4 is 17.5 Å². The van der Waals surface area contributed by atoms with Gasteiger partial charge in [-0.15, -0.1) is 0 Å². The summed E-state index contributed by atoms with van der Waals surface area (Å²) in [7, 11) is 0. The lowest BCUT2D eigenvalue weighted by atomic mass is 10.1. The first-order valence-corrected chi connectivity index (χ1v) is 4.04. The first-order chi connectivity index (χ1) is 6.68. The molecule has 0 spiro atoms. The third kappa shape index (κ3) is 1.28. The molecular formula is C9H8N2O3. The van der Waals surface area contributed by atoms with E-state index in [0.717, 1.165) is 0 Å². The van der Waals surface area contributed by atoms with Crippen molar-refractivity contribution in [2.45, 2.75) is 0 Å².